The molecule has 102 valence electrons. The maximum Gasteiger partial charge on any atom is 0.0931 e. The van der Waals surface area contributed by atoms with Gasteiger partial charge in [-0.15, -0.1) is 11.3 Å². The minimum Gasteiger partial charge on any atom is -0.378 e. The maximum absolute atomic E-state index is 5.98. The van der Waals surface area contributed by atoms with Crippen molar-refractivity contribution >= 4 is 28.6 Å². The molecule has 0 saturated carbocycles. The molecule has 0 aliphatic carbocycles. The van der Waals surface area contributed by atoms with Crippen molar-refractivity contribution in [3.05, 3.63) is 57.9 Å². The van der Waals surface area contributed by atoms with Gasteiger partial charge < -0.3 is 5.32 Å². The molecule has 1 aromatic carbocycles. The van der Waals surface area contributed by atoms with Crippen molar-refractivity contribution in [3.8, 4) is 11.3 Å². The van der Waals surface area contributed by atoms with Gasteiger partial charge >= 0.3 is 0 Å². The van der Waals surface area contributed by atoms with E-state index in [4.69, 9.17) is 11.6 Å². The molecule has 2 heterocycles. The molecule has 20 heavy (non-hydrogen) atoms. The zero-order valence-electron chi connectivity index (χ0n) is 10.9. The Bertz CT molecular complexity index is 691. The Morgan fingerprint density at radius 2 is 2.20 bits per heavy atom. The van der Waals surface area contributed by atoms with Crippen molar-refractivity contribution in [2.45, 2.75) is 13.0 Å². The summed E-state index contributed by atoms with van der Waals surface area (Å²) in [5, 5.41) is 12.5. The van der Waals surface area contributed by atoms with Crippen molar-refractivity contribution in [2.75, 3.05) is 5.32 Å². The minimum absolute atomic E-state index is 0.218. The van der Waals surface area contributed by atoms with Gasteiger partial charge in [-0.05, 0) is 42.1 Å². The summed E-state index contributed by atoms with van der Waals surface area (Å²) >= 11 is 7.54. The Hall–Kier alpha value is -1.78. The highest BCUT2D eigenvalue weighted by molar-refractivity contribution is 7.14. The lowest BCUT2D eigenvalue weighted by atomic mass is 10.1. The number of benzene rings is 1. The summed E-state index contributed by atoms with van der Waals surface area (Å²) in [6, 6.07) is 12.4. The number of nitrogens with zero attached hydrogens (tertiary/aromatic N) is 1. The van der Waals surface area contributed by atoms with Crippen LogP contribution >= 0.6 is 22.9 Å². The van der Waals surface area contributed by atoms with Gasteiger partial charge in [0.2, 0.25) is 0 Å². The molecular formula is C15H14ClN3S. The number of anilines is 1. The molecule has 0 fully saturated rings. The predicted octanol–water partition coefficient (Wildman–Crippen LogP) is 4.96. The first-order valence-corrected chi connectivity index (χ1v) is 7.58. The van der Waals surface area contributed by atoms with E-state index in [0.29, 0.717) is 0 Å². The molecule has 3 aromatic rings. The summed E-state index contributed by atoms with van der Waals surface area (Å²) in [7, 11) is 0. The van der Waals surface area contributed by atoms with Crippen LogP contribution in [0.1, 0.15) is 18.5 Å². The molecule has 1 atom stereocenters. The summed E-state index contributed by atoms with van der Waals surface area (Å²) in [6.45, 7) is 2.13. The number of H-pyrrole nitrogens is 1. The van der Waals surface area contributed by atoms with Crippen LogP contribution in [0.5, 0.6) is 0 Å². The molecule has 3 rings (SSSR count). The monoisotopic (exact) mass is 303 g/mol. The first-order valence-electron chi connectivity index (χ1n) is 6.32. The topological polar surface area (TPSA) is 40.7 Å². The van der Waals surface area contributed by atoms with E-state index in [1.165, 1.54) is 5.56 Å². The summed E-state index contributed by atoms with van der Waals surface area (Å²) in [5.41, 5.74) is 4.40. The summed E-state index contributed by atoms with van der Waals surface area (Å²) in [6.07, 6.45) is 1.76. The van der Waals surface area contributed by atoms with E-state index >= 15 is 0 Å². The molecule has 1 unspecified atom stereocenters. The van der Waals surface area contributed by atoms with Crippen LogP contribution in [-0.4, -0.2) is 10.2 Å². The van der Waals surface area contributed by atoms with Gasteiger partial charge in [-0.2, -0.15) is 5.10 Å². The van der Waals surface area contributed by atoms with Gasteiger partial charge in [0.15, 0.2) is 0 Å². The number of thiophene rings is 1. The smallest absolute Gasteiger partial charge is 0.0931 e. The Kier molecular flexibility index (Phi) is 3.76. The average Bonchev–Trinajstić information content (AvgIpc) is 3.10. The van der Waals surface area contributed by atoms with Gasteiger partial charge in [0.1, 0.15) is 0 Å². The van der Waals surface area contributed by atoms with Crippen molar-refractivity contribution in [2.24, 2.45) is 0 Å². The Morgan fingerprint density at radius 1 is 1.30 bits per heavy atom. The minimum atomic E-state index is 0.218. The molecule has 0 bridgehead atoms. The van der Waals surface area contributed by atoms with Crippen LogP contribution in [-0.2, 0) is 0 Å². The second-order valence-electron chi connectivity index (χ2n) is 4.60. The maximum atomic E-state index is 5.98. The summed E-state index contributed by atoms with van der Waals surface area (Å²) < 4.78 is 0.819. The molecule has 2 aromatic heterocycles. The van der Waals surface area contributed by atoms with Crippen molar-refractivity contribution in [1.29, 1.82) is 0 Å². The predicted molar refractivity (Wildman–Crippen MR) is 85.4 cm³/mol. The third-order valence-electron chi connectivity index (χ3n) is 3.15. The highest BCUT2D eigenvalue weighted by atomic mass is 35.5. The Balaban J connectivity index is 1.79. The van der Waals surface area contributed by atoms with E-state index in [0.717, 1.165) is 21.3 Å². The number of nitrogens with one attached hydrogen (secondary N) is 2. The van der Waals surface area contributed by atoms with Gasteiger partial charge in [-0.3, -0.25) is 5.10 Å². The molecule has 0 spiro atoms. The number of aromatic amines is 1. The van der Waals surface area contributed by atoms with E-state index in [9.17, 15) is 0 Å². The van der Waals surface area contributed by atoms with Crippen LogP contribution in [0, 0.1) is 0 Å². The lowest BCUT2D eigenvalue weighted by molar-refractivity contribution is 0.891. The van der Waals surface area contributed by atoms with Crippen LogP contribution in [0.3, 0.4) is 0 Å². The molecule has 0 aliphatic rings. The van der Waals surface area contributed by atoms with E-state index in [1.807, 2.05) is 18.2 Å². The second kappa shape index (κ2) is 5.69. The van der Waals surface area contributed by atoms with Crippen LogP contribution in [0.4, 0.5) is 5.69 Å². The van der Waals surface area contributed by atoms with Crippen LogP contribution in [0.2, 0.25) is 4.34 Å². The normalized spacial score (nSPS) is 12.3. The summed E-state index contributed by atoms with van der Waals surface area (Å²) in [5.74, 6) is 0. The third kappa shape index (κ3) is 2.86. The largest absolute Gasteiger partial charge is 0.378 e. The van der Waals surface area contributed by atoms with E-state index < -0.39 is 0 Å². The highest BCUT2D eigenvalue weighted by Crippen LogP contribution is 2.28. The lowest BCUT2D eigenvalue weighted by Gasteiger charge is -2.14. The zero-order chi connectivity index (χ0) is 13.9. The van der Waals surface area contributed by atoms with Gasteiger partial charge in [-0.1, -0.05) is 23.7 Å². The summed E-state index contributed by atoms with van der Waals surface area (Å²) in [4.78, 5) is 0. The van der Waals surface area contributed by atoms with Crippen LogP contribution in [0.15, 0.2) is 48.0 Å². The Morgan fingerprint density at radius 3 is 2.90 bits per heavy atom. The molecule has 0 aliphatic heterocycles. The van der Waals surface area contributed by atoms with Crippen LogP contribution in [0.25, 0.3) is 11.3 Å². The highest BCUT2D eigenvalue weighted by Gasteiger charge is 2.08. The van der Waals surface area contributed by atoms with E-state index in [1.54, 1.807) is 17.5 Å². The standard InChI is InChI=1S/C15H14ClN3S/c1-10(12-8-15(16)20-9-12)18-13-4-2-3-11(7-13)14-5-6-17-19-14/h2-10,18H,1H3,(H,17,19). The fraction of sp³-hybridized carbons (Fsp3) is 0.133. The van der Waals surface area contributed by atoms with E-state index in [-0.39, 0.29) is 6.04 Å². The van der Waals surface area contributed by atoms with Gasteiger partial charge in [0, 0.05) is 23.5 Å². The Labute approximate surface area is 126 Å². The second-order valence-corrected chi connectivity index (χ2v) is 6.14. The molecular weight excluding hydrogens is 290 g/mol. The lowest BCUT2D eigenvalue weighted by Crippen LogP contribution is -2.05. The number of aromatic nitrogens is 2. The molecule has 3 nitrogen and oxygen atoms in total. The zero-order valence-corrected chi connectivity index (χ0v) is 12.5. The van der Waals surface area contributed by atoms with Crippen molar-refractivity contribution < 1.29 is 0 Å². The molecule has 0 radical (unpaired) electrons. The number of rotatable bonds is 4. The van der Waals surface area contributed by atoms with E-state index in [2.05, 4.69) is 46.0 Å². The number of hydrogen-bond acceptors (Lipinski definition) is 3. The van der Waals surface area contributed by atoms with Gasteiger partial charge in [0.05, 0.1) is 10.0 Å². The first kappa shape index (κ1) is 13.2. The molecule has 0 amide bonds. The quantitative estimate of drug-likeness (QED) is 0.715. The number of halogens is 1. The fourth-order valence-electron chi connectivity index (χ4n) is 2.08. The average molecular weight is 304 g/mol. The van der Waals surface area contributed by atoms with Crippen molar-refractivity contribution in [1.82, 2.24) is 10.2 Å². The molecule has 0 saturated heterocycles. The first-order chi connectivity index (χ1) is 9.72. The molecule has 5 heteroatoms. The fourth-order valence-corrected chi connectivity index (χ4v) is 3.06. The molecule has 2 N–H and O–H groups in total. The van der Waals surface area contributed by atoms with Crippen molar-refractivity contribution in [3.63, 3.8) is 0 Å². The van der Waals surface area contributed by atoms with Gasteiger partial charge in [-0.25, -0.2) is 0 Å². The van der Waals surface area contributed by atoms with Gasteiger partial charge in [0.25, 0.3) is 0 Å². The SMILES string of the molecule is CC(Nc1cccc(-c2ccn[nH]2)c1)c1csc(Cl)c1. The number of hydrogen-bond donors (Lipinski definition) is 2. The third-order valence-corrected chi connectivity index (χ3v) is 4.25. The van der Waals surface area contributed by atoms with Crippen LogP contribution < -0.4 is 5.32 Å².